The molecule has 0 atom stereocenters. The van der Waals surface area contributed by atoms with Gasteiger partial charge in [-0.25, -0.2) is 26.3 Å². The van der Waals surface area contributed by atoms with Crippen molar-refractivity contribution < 1.29 is 31.1 Å². The Morgan fingerprint density at radius 3 is 1.68 bits per heavy atom. The van der Waals surface area contributed by atoms with Crippen molar-refractivity contribution in [3.8, 4) is 23.4 Å². The molecule has 0 saturated carbocycles. The molecule has 0 bridgehead atoms. The van der Waals surface area contributed by atoms with Gasteiger partial charge in [0.05, 0.1) is 22.3 Å². The summed E-state index contributed by atoms with van der Waals surface area (Å²) in [5.41, 5.74) is -1.74. The number of hydrogen-bond acceptors (Lipinski definition) is 3. The summed E-state index contributed by atoms with van der Waals surface area (Å²) in [7, 11) is 2.50. The zero-order chi connectivity index (χ0) is 25.1. The van der Waals surface area contributed by atoms with E-state index in [1.54, 1.807) is 12.1 Å². The van der Waals surface area contributed by atoms with E-state index >= 15 is 0 Å². The summed E-state index contributed by atoms with van der Waals surface area (Å²) in [6, 6.07) is 5.78. The molecule has 1 aromatic heterocycles. The van der Waals surface area contributed by atoms with Crippen molar-refractivity contribution in [3.63, 3.8) is 0 Å². The highest BCUT2D eigenvalue weighted by molar-refractivity contribution is 6.09. The Kier molecular flexibility index (Phi) is 5.21. The molecule has 34 heavy (non-hydrogen) atoms. The molecule has 0 spiro atoms. The summed E-state index contributed by atoms with van der Waals surface area (Å²) in [5, 5.41) is 18.6. The lowest BCUT2D eigenvalue weighted by Gasteiger charge is -2.17. The summed E-state index contributed by atoms with van der Waals surface area (Å²) in [6.07, 6.45) is 0. The molecule has 1 aliphatic heterocycles. The SMILES string of the molecule is CN1C(=O)c2c(-c3cc(F)c(F)c(F)c3)n(C)c(=C(C#N)C#N)c2=C1c1cc(F)c(F)c(F)c1. The van der Waals surface area contributed by atoms with Gasteiger partial charge in [0, 0.05) is 30.4 Å². The van der Waals surface area contributed by atoms with Crippen LogP contribution in [0, 0.1) is 57.6 Å². The minimum Gasteiger partial charge on any atom is -0.341 e. The number of halogens is 6. The Bertz CT molecular complexity index is 1580. The molecule has 0 radical (unpaired) electrons. The molecule has 3 aromatic rings. The van der Waals surface area contributed by atoms with Crippen molar-refractivity contribution in [1.29, 1.82) is 10.5 Å². The van der Waals surface area contributed by atoms with Gasteiger partial charge in [0.2, 0.25) is 0 Å². The van der Waals surface area contributed by atoms with E-state index in [2.05, 4.69) is 0 Å². The van der Waals surface area contributed by atoms with Crippen LogP contribution in [0.1, 0.15) is 15.9 Å². The third kappa shape index (κ3) is 3.05. The zero-order valence-corrected chi connectivity index (χ0v) is 17.3. The zero-order valence-electron chi connectivity index (χ0n) is 17.3. The van der Waals surface area contributed by atoms with Crippen molar-refractivity contribution >= 4 is 17.2 Å². The molecule has 2 aromatic carbocycles. The van der Waals surface area contributed by atoms with Crippen LogP contribution in [-0.2, 0) is 7.05 Å². The second-order valence-corrected chi connectivity index (χ2v) is 7.33. The Morgan fingerprint density at radius 2 is 1.24 bits per heavy atom. The Hall–Kier alpha value is -4.51. The Labute approximate surface area is 187 Å². The fraction of sp³-hybridized carbons (Fsp3) is 0.0870. The van der Waals surface area contributed by atoms with Gasteiger partial charge in [-0.2, -0.15) is 10.5 Å². The fourth-order valence-corrected chi connectivity index (χ4v) is 4.04. The quantitative estimate of drug-likeness (QED) is 0.425. The predicted octanol–water partition coefficient (Wildman–Crippen LogP) is 2.97. The number of rotatable bonds is 2. The first-order valence-electron chi connectivity index (χ1n) is 9.38. The van der Waals surface area contributed by atoms with Crippen LogP contribution >= 0.6 is 0 Å². The van der Waals surface area contributed by atoms with E-state index in [9.17, 15) is 41.7 Å². The molecule has 0 saturated heterocycles. The summed E-state index contributed by atoms with van der Waals surface area (Å²) < 4.78 is 84.2. The van der Waals surface area contributed by atoms with E-state index in [1.165, 1.54) is 14.1 Å². The molecule has 0 unspecified atom stereocenters. The molecule has 11 heteroatoms. The minimum absolute atomic E-state index is 0.140. The van der Waals surface area contributed by atoms with Crippen LogP contribution in [0.4, 0.5) is 26.3 Å². The Morgan fingerprint density at radius 1 is 0.794 bits per heavy atom. The maximum atomic E-state index is 14.0. The summed E-state index contributed by atoms with van der Waals surface area (Å²) in [5.74, 6) is -10.5. The van der Waals surface area contributed by atoms with Crippen molar-refractivity contribution in [2.24, 2.45) is 7.05 Å². The second kappa shape index (κ2) is 7.81. The molecular weight excluding hydrogens is 462 g/mol. The predicted molar refractivity (Wildman–Crippen MR) is 106 cm³/mol. The lowest BCUT2D eigenvalue weighted by atomic mass is 10.0. The van der Waals surface area contributed by atoms with Crippen molar-refractivity contribution in [2.75, 3.05) is 7.05 Å². The normalized spacial score (nSPS) is 12.6. The van der Waals surface area contributed by atoms with Gasteiger partial charge in [0.25, 0.3) is 5.91 Å². The highest BCUT2D eigenvalue weighted by Crippen LogP contribution is 2.31. The first-order valence-corrected chi connectivity index (χ1v) is 9.38. The molecule has 2 heterocycles. The van der Waals surface area contributed by atoms with Gasteiger partial charge in [-0.15, -0.1) is 0 Å². The van der Waals surface area contributed by atoms with Gasteiger partial charge in [0.1, 0.15) is 12.1 Å². The number of nitrogens with zero attached hydrogens (tertiary/aromatic N) is 4. The van der Waals surface area contributed by atoms with E-state index in [1.807, 2.05) is 0 Å². The highest BCUT2D eigenvalue weighted by Gasteiger charge is 2.35. The smallest absolute Gasteiger partial charge is 0.260 e. The molecule has 5 nitrogen and oxygen atoms in total. The number of fused-ring (bicyclic) bond motifs is 1. The number of benzene rings is 2. The van der Waals surface area contributed by atoms with Crippen LogP contribution in [0.3, 0.4) is 0 Å². The molecule has 1 aliphatic rings. The van der Waals surface area contributed by atoms with Gasteiger partial charge in [0.15, 0.2) is 40.5 Å². The van der Waals surface area contributed by atoms with E-state index in [0.29, 0.717) is 24.3 Å². The lowest BCUT2D eigenvalue weighted by Crippen LogP contribution is -2.33. The topological polar surface area (TPSA) is 72.8 Å². The van der Waals surface area contributed by atoms with Crippen LogP contribution in [0.25, 0.3) is 22.5 Å². The first-order chi connectivity index (χ1) is 16.0. The van der Waals surface area contributed by atoms with E-state index in [-0.39, 0.29) is 38.6 Å². The Balaban J connectivity index is 2.29. The standard InChI is InChI=1S/C23H10F6N4O/c1-32-21(10-5-14(26)19(29)15(27)6-10)17-16(22(32)11(7-30)8-31)20(33(2)23(17)34)9-3-12(24)18(28)13(25)4-9/h3-6H,1-2H3. The fourth-order valence-electron chi connectivity index (χ4n) is 4.04. The number of amides is 1. The maximum absolute atomic E-state index is 14.0. The van der Waals surface area contributed by atoms with E-state index in [0.717, 1.165) is 9.47 Å². The van der Waals surface area contributed by atoms with Crippen LogP contribution < -0.4 is 10.6 Å². The monoisotopic (exact) mass is 472 g/mol. The third-order valence-corrected chi connectivity index (χ3v) is 5.46. The molecule has 1 amide bonds. The number of aromatic nitrogens is 1. The summed E-state index contributed by atoms with van der Waals surface area (Å²) in [6.45, 7) is 0. The van der Waals surface area contributed by atoms with Gasteiger partial charge < -0.3 is 9.47 Å². The molecule has 170 valence electrons. The van der Waals surface area contributed by atoms with Gasteiger partial charge >= 0.3 is 0 Å². The van der Waals surface area contributed by atoms with Crippen molar-refractivity contribution in [3.05, 3.63) is 80.9 Å². The highest BCUT2D eigenvalue weighted by atomic mass is 19.2. The van der Waals surface area contributed by atoms with Crippen molar-refractivity contribution in [2.45, 2.75) is 0 Å². The molecule has 0 fully saturated rings. The number of carbonyl (C=O) groups excluding carboxylic acids is 1. The van der Waals surface area contributed by atoms with E-state index < -0.39 is 46.4 Å². The summed E-state index contributed by atoms with van der Waals surface area (Å²) >= 11 is 0. The average Bonchev–Trinajstić information content (AvgIpc) is 3.21. The summed E-state index contributed by atoms with van der Waals surface area (Å²) in [4.78, 5) is 14.1. The van der Waals surface area contributed by atoms with Crippen LogP contribution in [0.5, 0.6) is 0 Å². The van der Waals surface area contributed by atoms with Crippen LogP contribution in [-0.4, -0.2) is 22.4 Å². The lowest BCUT2D eigenvalue weighted by molar-refractivity contribution is 0.0871. The van der Waals surface area contributed by atoms with Crippen LogP contribution in [0.15, 0.2) is 24.3 Å². The second-order valence-electron chi connectivity index (χ2n) is 7.33. The van der Waals surface area contributed by atoms with Crippen molar-refractivity contribution in [1.82, 2.24) is 9.47 Å². The minimum atomic E-state index is -1.75. The first kappa shape index (κ1) is 22.7. The molecule has 0 aliphatic carbocycles. The number of hydrogen-bond donors (Lipinski definition) is 0. The van der Waals surface area contributed by atoms with Gasteiger partial charge in [-0.05, 0) is 24.3 Å². The third-order valence-electron chi connectivity index (χ3n) is 5.46. The average molecular weight is 472 g/mol. The molecular formula is C23H10F6N4O. The van der Waals surface area contributed by atoms with Crippen LogP contribution in [0.2, 0.25) is 0 Å². The molecule has 0 N–H and O–H groups in total. The number of carbonyl (C=O) groups is 1. The number of nitriles is 2. The largest absolute Gasteiger partial charge is 0.341 e. The maximum Gasteiger partial charge on any atom is 0.260 e. The molecule has 4 rings (SSSR count). The van der Waals surface area contributed by atoms with Gasteiger partial charge in [-0.1, -0.05) is 0 Å². The van der Waals surface area contributed by atoms with Gasteiger partial charge in [-0.3, -0.25) is 4.79 Å². The van der Waals surface area contributed by atoms with E-state index in [4.69, 9.17) is 0 Å².